The summed E-state index contributed by atoms with van der Waals surface area (Å²) in [5, 5.41) is 2.74. The monoisotopic (exact) mass is 391 g/mol. The Morgan fingerprint density at radius 1 is 1.21 bits per heavy atom. The SMILES string of the molecule is Cc1ccc(NC(=O)Cn2c(C)cc(C)c(C(N)=O)c2=O)c(Br)c1. The number of anilines is 1. The second-order valence-electron chi connectivity index (χ2n) is 5.63. The molecular formula is C17H18BrN3O3. The predicted octanol–water partition coefficient (Wildman–Crippen LogP) is 2.27. The number of amides is 2. The molecule has 0 atom stereocenters. The van der Waals surface area contributed by atoms with Gasteiger partial charge in [0.05, 0.1) is 5.69 Å². The lowest BCUT2D eigenvalue weighted by atomic mass is 10.1. The van der Waals surface area contributed by atoms with E-state index in [4.69, 9.17) is 5.73 Å². The Bertz CT molecular complexity index is 887. The van der Waals surface area contributed by atoms with Crippen LogP contribution < -0.4 is 16.6 Å². The molecule has 2 aromatic rings. The molecule has 2 amide bonds. The summed E-state index contributed by atoms with van der Waals surface area (Å²) in [4.78, 5) is 36.2. The minimum atomic E-state index is -0.798. The Hall–Kier alpha value is -2.41. The lowest BCUT2D eigenvalue weighted by Crippen LogP contribution is -2.35. The maximum atomic E-state index is 12.4. The molecule has 6 nitrogen and oxygen atoms in total. The predicted molar refractivity (Wildman–Crippen MR) is 96.2 cm³/mol. The fourth-order valence-corrected chi connectivity index (χ4v) is 3.07. The topological polar surface area (TPSA) is 94.2 Å². The second kappa shape index (κ2) is 7.00. The molecule has 2 rings (SSSR count). The zero-order valence-corrected chi connectivity index (χ0v) is 15.2. The third-order valence-corrected chi connectivity index (χ3v) is 4.31. The molecule has 0 saturated carbocycles. The highest BCUT2D eigenvalue weighted by atomic mass is 79.9. The molecule has 24 heavy (non-hydrogen) atoms. The molecule has 3 N–H and O–H groups in total. The van der Waals surface area contributed by atoms with Crippen LogP contribution in [0.1, 0.15) is 27.2 Å². The van der Waals surface area contributed by atoms with Gasteiger partial charge in [0, 0.05) is 10.2 Å². The standard InChI is InChI=1S/C17H18BrN3O3/c1-9-4-5-13(12(18)6-9)20-14(22)8-21-11(3)7-10(2)15(16(19)23)17(21)24/h4-7H,8H2,1-3H3,(H2,19,23)(H,20,22). The first-order valence-electron chi connectivity index (χ1n) is 7.27. The quantitative estimate of drug-likeness (QED) is 0.836. The molecule has 0 spiro atoms. The molecule has 0 unspecified atom stereocenters. The van der Waals surface area contributed by atoms with Gasteiger partial charge in [0.1, 0.15) is 12.1 Å². The average Bonchev–Trinajstić information content (AvgIpc) is 2.46. The third kappa shape index (κ3) is 3.73. The van der Waals surface area contributed by atoms with Gasteiger partial charge in [-0.2, -0.15) is 0 Å². The number of carbonyl (C=O) groups is 2. The summed E-state index contributed by atoms with van der Waals surface area (Å²) in [6, 6.07) is 7.19. The summed E-state index contributed by atoms with van der Waals surface area (Å²) in [6.45, 7) is 5.08. The van der Waals surface area contributed by atoms with E-state index in [-0.39, 0.29) is 18.0 Å². The molecule has 0 saturated heterocycles. The van der Waals surface area contributed by atoms with Crippen molar-refractivity contribution in [2.24, 2.45) is 5.73 Å². The average molecular weight is 392 g/mol. The van der Waals surface area contributed by atoms with Crippen LogP contribution >= 0.6 is 15.9 Å². The highest BCUT2D eigenvalue weighted by Gasteiger charge is 2.17. The van der Waals surface area contributed by atoms with Crippen molar-refractivity contribution in [2.45, 2.75) is 27.3 Å². The molecule has 0 bridgehead atoms. The van der Waals surface area contributed by atoms with Crippen LogP contribution in [0.3, 0.4) is 0 Å². The van der Waals surface area contributed by atoms with Crippen molar-refractivity contribution in [3.8, 4) is 0 Å². The third-order valence-electron chi connectivity index (χ3n) is 3.65. The summed E-state index contributed by atoms with van der Waals surface area (Å²) in [6.07, 6.45) is 0. The minimum absolute atomic E-state index is 0.0927. The van der Waals surface area contributed by atoms with Crippen molar-refractivity contribution in [1.29, 1.82) is 0 Å². The largest absolute Gasteiger partial charge is 0.365 e. The Labute approximate surface area is 147 Å². The van der Waals surface area contributed by atoms with Crippen LogP contribution in [-0.4, -0.2) is 16.4 Å². The maximum absolute atomic E-state index is 12.4. The lowest BCUT2D eigenvalue weighted by Gasteiger charge is -2.14. The van der Waals surface area contributed by atoms with Crippen LogP contribution in [0.5, 0.6) is 0 Å². The summed E-state index contributed by atoms with van der Waals surface area (Å²) >= 11 is 3.39. The van der Waals surface area contributed by atoms with E-state index in [1.165, 1.54) is 4.57 Å². The van der Waals surface area contributed by atoms with Crippen molar-refractivity contribution in [2.75, 3.05) is 5.32 Å². The van der Waals surface area contributed by atoms with Gasteiger partial charge in [0.2, 0.25) is 5.91 Å². The Balaban J connectivity index is 2.31. The van der Waals surface area contributed by atoms with Gasteiger partial charge in [0.15, 0.2) is 0 Å². The normalized spacial score (nSPS) is 10.5. The van der Waals surface area contributed by atoms with E-state index in [2.05, 4.69) is 21.2 Å². The van der Waals surface area contributed by atoms with E-state index in [0.717, 1.165) is 10.0 Å². The molecule has 126 valence electrons. The molecule has 1 heterocycles. The summed E-state index contributed by atoms with van der Waals surface area (Å²) in [5.41, 5.74) is 7.36. The van der Waals surface area contributed by atoms with E-state index >= 15 is 0 Å². The maximum Gasteiger partial charge on any atom is 0.264 e. The molecule has 0 fully saturated rings. The Morgan fingerprint density at radius 3 is 2.46 bits per heavy atom. The van der Waals surface area contributed by atoms with Crippen molar-refractivity contribution in [1.82, 2.24) is 4.57 Å². The highest BCUT2D eigenvalue weighted by Crippen LogP contribution is 2.23. The van der Waals surface area contributed by atoms with Gasteiger partial charge in [-0.15, -0.1) is 0 Å². The van der Waals surface area contributed by atoms with E-state index in [1.54, 1.807) is 26.0 Å². The van der Waals surface area contributed by atoms with Crippen LogP contribution in [-0.2, 0) is 11.3 Å². The van der Waals surface area contributed by atoms with Gasteiger partial charge in [0.25, 0.3) is 11.5 Å². The molecule has 1 aromatic carbocycles. The van der Waals surface area contributed by atoms with E-state index in [1.807, 2.05) is 19.1 Å². The molecule has 0 radical (unpaired) electrons. The van der Waals surface area contributed by atoms with Crippen LogP contribution in [0.25, 0.3) is 0 Å². The van der Waals surface area contributed by atoms with Gasteiger partial charge in [-0.1, -0.05) is 6.07 Å². The van der Waals surface area contributed by atoms with Crippen LogP contribution in [0, 0.1) is 20.8 Å². The number of primary amides is 1. The van der Waals surface area contributed by atoms with Gasteiger partial charge in [-0.25, -0.2) is 0 Å². The number of halogens is 1. The van der Waals surface area contributed by atoms with Gasteiger partial charge in [-0.3, -0.25) is 14.4 Å². The number of hydrogen-bond donors (Lipinski definition) is 2. The van der Waals surface area contributed by atoms with E-state index in [9.17, 15) is 14.4 Å². The summed E-state index contributed by atoms with van der Waals surface area (Å²) < 4.78 is 1.99. The number of benzene rings is 1. The lowest BCUT2D eigenvalue weighted by molar-refractivity contribution is -0.116. The number of rotatable bonds is 4. The molecule has 0 aliphatic carbocycles. The fourth-order valence-electron chi connectivity index (χ4n) is 2.48. The number of hydrogen-bond acceptors (Lipinski definition) is 3. The Kier molecular flexibility index (Phi) is 5.23. The molecule has 0 aliphatic heterocycles. The highest BCUT2D eigenvalue weighted by molar-refractivity contribution is 9.10. The first kappa shape index (κ1) is 17.9. The Morgan fingerprint density at radius 2 is 1.88 bits per heavy atom. The fraction of sp³-hybridized carbons (Fsp3) is 0.235. The van der Waals surface area contributed by atoms with Gasteiger partial charge >= 0.3 is 0 Å². The molecular weight excluding hydrogens is 374 g/mol. The van der Waals surface area contributed by atoms with Crippen LogP contribution in [0.15, 0.2) is 33.5 Å². The van der Waals surface area contributed by atoms with Crippen LogP contribution in [0.4, 0.5) is 5.69 Å². The van der Waals surface area contributed by atoms with Gasteiger partial charge in [-0.05, 0) is 66.0 Å². The summed E-state index contributed by atoms with van der Waals surface area (Å²) in [7, 11) is 0. The van der Waals surface area contributed by atoms with Gasteiger partial charge < -0.3 is 15.6 Å². The number of nitrogens with zero attached hydrogens (tertiary/aromatic N) is 1. The number of nitrogens with one attached hydrogen (secondary N) is 1. The zero-order chi connectivity index (χ0) is 18.0. The smallest absolute Gasteiger partial charge is 0.264 e. The van der Waals surface area contributed by atoms with E-state index < -0.39 is 11.5 Å². The molecule has 1 aromatic heterocycles. The number of nitrogens with two attached hydrogens (primary N) is 1. The molecule has 0 aliphatic rings. The number of carbonyl (C=O) groups excluding carboxylic acids is 2. The number of aryl methyl sites for hydroxylation is 3. The summed E-state index contributed by atoms with van der Waals surface area (Å²) in [5.74, 6) is -1.17. The van der Waals surface area contributed by atoms with Crippen molar-refractivity contribution >= 4 is 33.4 Å². The minimum Gasteiger partial charge on any atom is -0.365 e. The first-order chi connectivity index (χ1) is 11.2. The number of pyridine rings is 1. The van der Waals surface area contributed by atoms with Crippen LogP contribution in [0.2, 0.25) is 0 Å². The van der Waals surface area contributed by atoms with Crippen molar-refractivity contribution < 1.29 is 9.59 Å². The zero-order valence-electron chi connectivity index (χ0n) is 13.6. The number of aromatic nitrogens is 1. The first-order valence-corrected chi connectivity index (χ1v) is 8.07. The van der Waals surface area contributed by atoms with Crippen molar-refractivity contribution in [3.05, 3.63) is 61.5 Å². The molecule has 7 heteroatoms. The second-order valence-corrected chi connectivity index (χ2v) is 6.49. The van der Waals surface area contributed by atoms with Crippen molar-refractivity contribution in [3.63, 3.8) is 0 Å². The van der Waals surface area contributed by atoms with E-state index in [0.29, 0.717) is 16.9 Å².